The second-order valence-corrected chi connectivity index (χ2v) is 7.68. The van der Waals surface area contributed by atoms with Gasteiger partial charge in [-0.1, -0.05) is 35.9 Å². The van der Waals surface area contributed by atoms with E-state index < -0.39 is 0 Å². The van der Waals surface area contributed by atoms with Crippen molar-refractivity contribution in [2.75, 3.05) is 11.6 Å². The lowest BCUT2D eigenvalue weighted by Gasteiger charge is -2.26. The average Bonchev–Trinajstić information content (AvgIpc) is 2.70. The van der Waals surface area contributed by atoms with E-state index in [0.717, 1.165) is 23.9 Å². The fourth-order valence-corrected chi connectivity index (χ4v) is 3.47. The van der Waals surface area contributed by atoms with Gasteiger partial charge in [0.1, 0.15) is 0 Å². The number of thiocarbonyl (C=S) groups is 1. The Morgan fingerprint density at radius 1 is 1.04 bits per heavy atom. The maximum absolute atomic E-state index is 5.76. The molecule has 0 aliphatic rings. The van der Waals surface area contributed by atoms with Crippen LogP contribution in [0.2, 0.25) is 0 Å². The van der Waals surface area contributed by atoms with Crippen LogP contribution < -0.4 is 10.3 Å². The van der Waals surface area contributed by atoms with Gasteiger partial charge < -0.3 is 10.2 Å². The molecule has 0 spiro atoms. The van der Waals surface area contributed by atoms with Gasteiger partial charge in [0.25, 0.3) is 0 Å². The molecule has 1 heterocycles. The molecule has 5 heteroatoms. The van der Waals surface area contributed by atoms with Crippen LogP contribution in [0.1, 0.15) is 16.7 Å². The number of rotatable bonds is 6. The molecule has 0 bridgehead atoms. The van der Waals surface area contributed by atoms with E-state index in [-0.39, 0.29) is 0 Å². The molecule has 0 atom stereocenters. The maximum atomic E-state index is 5.76. The molecule has 3 rings (SSSR count). The SMILES string of the molecule is CSc1cccc(NC(=S)N(Cc2ccc(C)cc2)Cc2ccc[nH+]c2)c1. The number of hydrogen-bond donors (Lipinski definition) is 1. The van der Waals surface area contributed by atoms with Gasteiger partial charge in [0.2, 0.25) is 0 Å². The van der Waals surface area contributed by atoms with Crippen LogP contribution >= 0.6 is 24.0 Å². The maximum Gasteiger partial charge on any atom is 0.174 e. The normalized spacial score (nSPS) is 10.4. The summed E-state index contributed by atoms with van der Waals surface area (Å²) in [4.78, 5) is 6.55. The number of aryl methyl sites for hydroxylation is 1. The van der Waals surface area contributed by atoms with Crippen molar-refractivity contribution in [3.05, 3.63) is 89.7 Å². The highest BCUT2D eigenvalue weighted by Gasteiger charge is 2.13. The summed E-state index contributed by atoms with van der Waals surface area (Å²) in [5.41, 5.74) is 4.70. The van der Waals surface area contributed by atoms with Crippen molar-refractivity contribution >= 4 is 34.8 Å². The second-order valence-electron chi connectivity index (χ2n) is 6.42. The van der Waals surface area contributed by atoms with Gasteiger partial charge in [-0.05, 0) is 55.2 Å². The molecule has 0 amide bonds. The highest BCUT2D eigenvalue weighted by Crippen LogP contribution is 2.20. The van der Waals surface area contributed by atoms with Crippen LogP contribution in [0.3, 0.4) is 0 Å². The molecule has 0 saturated carbocycles. The largest absolute Gasteiger partial charge is 0.340 e. The van der Waals surface area contributed by atoms with Crippen LogP contribution in [0.15, 0.2) is 78.0 Å². The van der Waals surface area contributed by atoms with E-state index in [1.54, 1.807) is 11.8 Å². The lowest BCUT2D eigenvalue weighted by atomic mass is 10.1. The Hall–Kier alpha value is -2.37. The number of aromatic amines is 1. The Balaban J connectivity index is 1.78. The first-order valence-corrected chi connectivity index (χ1v) is 10.5. The summed E-state index contributed by atoms with van der Waals surface area (Å²) in [6.45, 7) is 3.59. The minimum absolute atomic E-state index is 0.720. The smallest absolute Gasteiger partial charge is 0.174 e. The van der Waals surface area contributed by atoms with Crippen LogP contribution in [0.25, 0.3) is 0 Å². The number of benzene rings is 2. The van der Waals surface area contributed by atoms with Crippen molar-refractivity contribution in [2.24, 2.45) is 0 Å². The van der Waals surface area contributed by atoms with Gasteiger partial charge in [-0.15, -0.1) is 11.8 Å². The molecule has 1 aromatic heterocycles. The molecule has 0 aliphatic carbocycles. The monoisotopic (exact) mass is 394 g/mol. The quantitative estimate of drug-likeness (QED) is 0.474. The summed E-state index contributed by atoms with van der Waals surface area (Å²) in [6.07, 6.45) is 6.00. The summed E-state index contributed by atoms with van der Waals surface area (Å²) in [5.74, 6) is 0. The fourth-order valence-electron chi connectivity index (χ4n) is 2.77. The zero-order valence-corrected chi connectivity index (χ0v) is 17.2. The minimum Gasteiger partial charge on any atom is -0.340 e. The van der Waals surface area contributed by atoms with Crippen LogP contribution in [0.4, 0.5) is 5.69 Å². The molecule has 0 saturated heterocycles. The van der Waals surface area contributed by atoms with Gasteiger partial charge in [0.15, 0.2) is 17.5 Å². The molecule has 2 N–H and O–H groups in total. The Bertz CT molecular complexity index is 880. The molecule has 0 fully saturated rings. The van der Waals surface area contributed by atoms with Crippen LogP contribution in [0.5, 0.6) is 0 Å². The van der Waals surface area contributed by atoms with Gasteiger partial charge in [0.05, 0.1) is 6.54 Å². The summed E-state index contributed by atoms with van der Waals surface area (Å²) < 4.78 is 0. The van der Waals surface area contributed by atoms with E-state index in [2.05, 4.69) is 70.8 Å². The first-order chi connectivity index (χ1) is 13.1. The Kier molecular flexibility index (Phi) is 6.85. The number of hydrogen-bond acceptors (Lipinski definition) is 2. The van der Waals surface area contributed by atoms with Crippen molar-refractivity contribution < 1.29 is 4.98 Å². The third-order valence-corrected chi connectivity index (χ3v) is 5.33. The zero-order valence-electron chi connectivity index (χ0n) is 15.6. The molecule has 2 aromatic carbocycles. The topological polar surface area (TPSA) is 29.4 Å². The first-order valence-electron chi connectivity index (χ1n) is 8.84. The molecule has 0 unspecified atom stereocenters. The number of anilines is 1. The molecular weight excluding hydrogens is 370 g/mol. The first kappa shape index (κ1) is 19.4. The van der Waals surface area contributed by atoms with Crippen molar-refractivity contribution in [3.8, 4) is 0 Å². The molecule has 0 radical (unpaired) electrons. The molecule has 27 heavy (non-hydrogen) atoms. The zero-order chi connectivity index (χ0) is 19.1. The van der Waals surface area contributed by atoms with Crippen LogP contribution in [0, 0.1) is 6.92 Å². The summed E-state index contributed by atoms with van der Waals surface area (Å²) in [5, 5.41) is 4.12. The van der Waals surface area contributed by atoms with Gasteiger partial charge in [-0.2, -0.15) is 0 Å². The van der Waals surface area contributed by atoms with Crippen LogP contribution in [-0.4, -0.2) is 16.3 Å². The van der Waals surface area contributed by atoms with Crippen molar-refractivity contribution in [1.82, 2.24) is 4.90 Å². The minimum atomic E-state index is 0.720. The molecule has 0 aliphatic heterocycles. The van der Waals surface area contributed by atoms with Gasteiger partial charge in [-0.3, -0.25) is 0 Å². The standard InChI is InChI=1S/C22H23N3S2/c1-17-8-10-18(11-9-17)15-25(16-19-5-4-12-23-14-19)22(26)24-20-6-3-7-21(13-20)27-2/h3-14H,15-16H2,1-2H3,(H,24,26)/p+1. The van der Waals surface area contributed by atoms with E-state index in [9.17, 15) is 0 Å². The predicted octanol–water partition coefficient (Wildman–Crippen LogP) is 4.93. The van der Waals surface area contributed by atoms with E-state index >= 15 is 0 Å². The van der Waals surface area contributed by atoms with Crippen LogP contribution in [-0.2, 0) is 13.1 Å². The van der Waals surface area contributed by atoms with Crippen molar-refractivity contribution in [3.63, 3.8) is 0 Å². The Morgan fingerprint density at radius 3 is 2.52 bits per heavy atom. The van der Waals surface area contributed by atoms with Gasteiger partial charge in [0, 0.05) is 28.8 Å². The third kappa shape index (κ3) is 5.81. The molecule has 138 valence electrons. The third-order valence-electron chi connectivity index (χ3n) is 4.25. The average molecular weight is 395 g/mol. The number of nitrogens with one attached hydrogen (secondary N) is 2. The lowest BCUT2D eigenvalue weighted by molar-refractivity contribution is -0.378. The van der Waals surface area contributed by atoms with E-state index in [1.807, 2.05) is 30.6 Å². The Labute approximate surface area is 170 Å². The Morgan fingerprint density at radius 2 is 1.81 bits per heavy atom. The van der Waals surface area contributed by atoms with E-state index in [4.69, 9.17) is 12.2 Å². The predicted molar refractivity (Wildman–Crippen MR) is 118 cm³/mol. The molecule has 3 nitrogen and oxygen atoms in total. The van der Waals surface area contributed by atoms with Gasteiger partial charge >= 0.3 is 0 Å². The number of pyridine rings is 1. The van der Waals surface area contributed by atoms with Gasteiger partial charge in [-0.25, -0.2) is 4.98 Å². The lowest BCUT2D eigenvalue weighted by Crippen LogP contribution is -2.34. The van der Waals surface area contributed by atoms with E-state index in [1.165, 1.54) is 21.6 Å². The molecular formula is C22H24N3S2+. The number of nitrogens with zero attached hydrogens (tertiary/aromatic N) is 1. The van der Waals surface area contributed by atoms with Crippen molar-refractivity contribution in [1.29, 1.82) is 0 Å². The summed E-state index contributed by atoms with van der Waals surface area (Å²) >= 11 is 7.48. The van der Waals surface area contributed by atoms with E-state index in [0.29, 0.717) is 0 Å². The fraction of sp³-hybridized carbons (Fsp3) is 0.182. The summed E-state index contributed by atoms with van der Waals surface area (Å²) in [6, 6.07) is 21.0. The molecule has 3 aromatic rings. The summed E-state index contributed by atoms with van der Waals surface area (Å²) in [7, 11) is 0. The highest BCUT2D eigenvalue weighted by atomic mass is 32.2. The second kappa shape index (κ2) is 9.53. The number of H-pyrrole nitrogens is 1. The van der Waals surface area contributed by atoms with Crippen molar-refractivity contribution in [2.45, 2.75) is 24.9 Å². The number of aromatic nitrogens is 1. The highest BCUT2D eigenvalue weighted by molar-refractivity contribution is 7.98. The number of thioether (sulfide) groups is 1.